The molecule has 0 saturated heterocycles. The lowest BCUT2D eigenvalue weighted by Gasteiger charge is -2.26. The minimum Gasteiger partial charge on any atom is -0.445 e. The standard InChI is InChI=1S/C22H16ClNO3/c23-19-8-4-1-5-14(19)11-24-12-18-20(26-13-24)10-9-16-15-6-2-3-7-17(15)22(25)27-21(16)18/h1-10H,11-13H2/p+1. The van der Waals surface area contributed by atoms with Gasteiger partial charge in [0.25, 0.3) is 0 Å². The predicted octanol–water partition coefficient (Wildman–Crippen LogP) is 3.53. The van der Waals surface area contributed by atoms with Gasteiger partial charge < -0.3 is 9.15 Å². The summed E-state index contributed by atoms with van der Waals surface area (Å²) in [6.45, 7) is 1.99. The largest absolute Gasteiger partial charge is 0.445 e. The van der Waals surface area contributed by atoms with Crippen LogP contribution in [0.5, 0.6) is 5.75 Å². The summed E-state index contributed by atoms with van der Waals surface area (Å²) in [5.74, 6) is 0.781. The molecule has 27 heavy (non-hydrogen) atoms. The van der Waals surface area contributed by atoms with Gasteiger partial charge in [-0.2, -0.15) is 0 Å². The van der Waals surface area contributed by atoms with E-state index in [-0.39, 0.29) is 5.63 Å². The molecule has 0 fully saturated rings. The summed E-state index contributed by atoms with van der Waals surface area (Å²) in [6.07, 6.45) is 0. The molecule has 3 aromatic carbocycles. The third kappa shape index (κ3) is 2.78. The van der Waals surface area contributed by atoms with Crippen LogP contribution in [0, 0.1) is 0 Å². The zero-order valence-corrected chi connectivity index (χ0v) is 15.3. The van der Waals surface area contributed by atoms with Gasteiger partial charge in [-0.1, -0.05) is 48.0 Å². The van der Waals surface area contributed by atoms with Crippen LogP contribution in [0.15, 0.2) is 69.9 Å². The average Bonchev–Trinajstić information content (AvgIpc) is 2.70. The van der Waals surface area contributed by atoms with E-state index in [9.17, 15) is 4.79 Å². The summed E-state index contributed by atoms with van der Waals surface area (Å²) >= 11 is 6.31. The Bertz CT molecular complexity index is 1230. The van der Waals surface area contributed by atoms with Crippen LogP contribution in [-0.4, -0.2) is 6.73 Å². The third-order valence-corrected chi connectivity index (χ3v) is 5.48. The number of rotatable bonds is 2. The van der Waals surface area contributed by atoms with Crippen molar-refractivity contribution in [3.63, 3.8) is 0 Å². The van der Waals surface area contributed by atoms with Crippen molar-refractivity contribution in [2.45, 2.75) is 13.1 Å². The Hall–Kier alpha value is -2.82. The molecule has 0 aliphatic carbocycles. The van der Waals surface area contributed by atoms with E-state index in [0.717, 1.165) is 39.2 Å². The van der Waals surface area contributed by atoms with Crippen molar-refractivity contribution in [3.05, 3.63) is 87.2 Å². The second-order valence-corrected chi connectivity index (χ2v) is 7.24. The van der Waals surface area contributed by atoms with Crippen LogP contribution in [0.2, 0.25) is 5.02 Å². The molecule has 4 aromatic rings. The van der Waals surface area contributed by atoms with Crippen LogP contribution >= 0.6 is 11.6 Å². The highest BCUT2D eigenvalue weighted by Gasteiger charge is 2.25. The van der Waals surface area contributed by atoms with Gasteiger partial charge in [0.1, 0.15) is 18.8 Å². The lowest BCUT2D eigenvalue weighted by atomic mass is 10.0. The number of fused-ring (bicyclic) bond motifs is 5. The van der Waals surface area contributed by atoms with E-state index in [1.165, 1.54) is 4.90 Å². The first-order valence-corrected chi connectivity index (χ1v) is 9.26. The van der Waals surface area contributed by atoms with Gasteiger partial charge in [-0.25, -0.2) is 4.79 Å². The van der Waals surface area contributed by atoms with Crippen LogP contribution in [0.3, 0.4) is 0 Å². The molecule has 134 valence electrons. The lowest BCUT2D eigenvalue weighted by molar-refractivity contribution is -0.945. The summed E-state index contributed by atoms with van der Waals surface area (Å²) in [5, 5.41) is 3.20. The topological polar surface area (TPSA) is 43.9 Å². The Kier molecular flexibility index (Phi) is 3.88. The smallest absolute Gasteiger partial charge is 0.344 e. The Balaban J connectivity index is 1.61. The molecule has 0 radical (unpaired) electrons. The third-order valence-electron chi connectivity index (χ3n) is 5.11. The summed E-state index contributed by atoms with van der Waals surface area (Å²) in [6, 6.07) is 19.3. The number of hydrogen-bond acceptors (Lipinski definition) is 3. The number of hydrogen-bond donors (Lipinski definition) is 1. The Labute approximate surface area is 160 Å². The first-order valence-electron chi connectivity index (χ1n) is 8.88. The van der Waals surface area contributed by atoms with Crippen molar-refractivity contribution in [3.8, 4) is 5.75 Å². The molecular formula is C22H17ClNO3+. The van der Waals surface area contributed by atoms with Crippen LogP contribution in [0.1, 0.15) is 11.1 Å². The number of quaternary nitrogens is 1. The first-order chi connectivity index (χ1) is 13.2. The molecule has 1 aromatic heterocycles. The van der Waals surface area contributed by atoms with E-state index < -0.39 is 0 Å². The van der Waals surface area contributed by atoms with Crippen molar-refractivity contribution in [2.24, 2.45) is 0 Å². The Morgan fingerprint density at radius 1 is 0.926 bits per heavy atom. The molecule has 2 heterocycles. The van der Waals surface area contributed by atoms with Crippen molar-refractivity contribution >= 4 is 33.3 Å². The maximum absolute atomic E-state index is 12.5. The fourth-order valence-corrected chi connectivity index (χ4v) is 3.99. The monoisotopic (exact) mass is 378 g/mol. The van der Waals surface area contributed by atoms with Crippen LogP contribution in [0.4, 0.5) is 0 Å². The van der Waals surface area contributed by atoms with Crippen molar-refractivity contribution in [1.82, 2.24) is 0 Å². The minimum absolute atomic E-state index is 0.315. The Morgan fingerprint density at radius 3 is 2.56 bits per heavy atom. The highest BCUT2D eigenvalue weighted by molar-refractivity contribution is 6.31. The molecule has 0 saturated carbocycles. The zero-order valence-electron chi connectivity index (χ0n) is 14.5. The second kappa shape index (κ2) is 6.41. The molecule has 1 aliphatic rings. The molecule has 5 rings (SSSR count). The van der Waals surface area contributed by atoms with Gasteiger partial charge in [0.15, 0.2) is 5.58 Å². The predicted molar refractivity (Wildman–Crippen MR) is 105 cm³/mol. The maximum atomic E-state index is 12.5. The van der Waals surface area contributed by atoms with Crippen molar-refractivity contribution in [1.29, 1.82) is 0 Å². The number of halogens is 1. The van der Waals surface area contributed by atoms with Gasteiger partial charge in [-0.15, -0.1) is 0 Å². The van der Waals surface area contributed by atoms with E-state index >= 15 is 0 Å². The van der Waals surface area contributed by atoms with Crippen LogP contribution in [-0.2, 0) is 13.1 Å². The highest BCUT2D eigenvalue weighted by atomic mass is 35.5. The molecule has 0 amide bonds. The molecule has 5 heteroatoms. The molecule has 4 nitrogen and oxygen atoms in total. The summed E-state index contributed by atoms with van der Waals surface area (Å²) in [7, 11) is 0. The summed E-state index contributed by atoms with van der Waals surface area (Å²) in [5.41, 5.74) is 2.31. The number of nitrogens with one attached hydrogen (secondary N) is 1. The average molecular weight is 379 g/mol. The highest BCUT2D eigenvalue weighted by Crippen LogP contribution is 2.32. The molecule has 0 bridgehead atoms. The van der Waals surface area contributed by atoms with Gasteiger partial charge in [-0.05, 0) is 29.7 Å². The van der Waals surface area contributed by atoms with E-state index in [1.807, 2.05) is 54.6 Å². The van der Waals surface area contributed by atoms with Crippen LogP contribution in [0.25, 0.3) is 21.7 Å². The van der Waals surface area contributed by atoms with Crippen molar-refractivity contribution in [2.75, 3.05) is 6.73 Å². The van der Waals surface area contributed by atoms with Crippen LogP contribution < -0.4 is 15.3 Å². The van der Waals surface area contributed by atoms with Gasteiger partial charge in [0.2, 0.25) is 6.73 Å². The normalized spacial score (nSPS) is 16.3. The molecule has 1 N–H and O–H groups in total. The first kappa shape index (κ1) is 16.4. The Morgan fingerprint density at radius 2 is 1.70 bits per heavy atom. The number of benzene rings is 3. The van der Waals surface area contributed by atoms with E-state index in [2.05, 4.69) is 0 Å². The van der Waals surface area contributed by atoms with E-state index in [4.69, 9.17) is 20.8 Å². The summed E-state index contributed by atoms with van der Waals surface area (Å²) < 4.78 is 11.7. The van der Waals surface area contributed by atoms with Gasteiger partial charge >= 0.3 is 5.63 Å². The van der Waals surface area contributed by atoms with E-state index in [0.29, 0.717) is 24.2 Å². The molecule has 1 unspecified atom stereocenters. The van der Waals surface area contributed by atoms with E-state index in [1.54, 1.807) is 6.07 Å². The quantitative estimate of drug-likeness (QED) is 0.428. The SMILES string of the molecule is O=c1oc2c3c(ccc2c2ccccc12)OC[NH+](Cc1ccccc1Cl)C3. The van der Waals surface area contributed by atoms with Gasteiger partial charge in [-0.3, -0.25) is 4.90 Å². The maximum Gasteiger partial charge on any atom is 0.344 e. The lowest BCUT2D eigenvalue weighted by Crippen LogP contribution is -3.10. The minimum atomic E-state index is -0.315. The van der Waals surface area contributed by atoms with Gasteiger partial charge in [0, 0.05) is 16.0 Å². The fraction of sp³-hybridized carbons (Fsp3) is 0.136. The zero-order chi connectivity index (χ0) is 18.4. The molecule has 0 spiro atoms. The molecule has 1 aliphatic heterocycles. The van der Waals surface area contributed by atoms with Gasteiger partial charge in [0.05, 0.1) is 10.9 Å². The van der Waals surface area contributed by atoms with Crippen molar-refractivity contribution < 1.29 is 14.1 Å². The molecular weight excluding hydrogens is 362 g/mol. The second-order valence-electron chi connectivity index (χ2n) is 6.84. The number of ether oxygens (including phenoxy) is 1. The fourth-order valence-electron chi connectivity index (χ4n) is 3.79. The summed E-state index contributed by atoms with van der Waals surface area (Å²) in [4.78, 5) is 13.7. The molecule has 1 atom stereocenters.